The van der Waals surface area contributed by atoms with E-state index in [-0.39, 0.29) is 30.4 Å². The van der Waals surface area contributed by atoms with Crippen LogP contribution < -0.4 is 5.32 Å². The average Bonchev–Trinajstić information content (AvgIpc) is 3.16. The van der Waals surface area contributed by atoms with E-state index in [1.165, 1.54) is 11.3 Å². The van der Waals surface area contributed by atoms with E-state index in [4.69, 9.17) is 5.11 Å². The van der Waals surface area contributed by atoms with Crippen LogP contribution in [-0.4, -0.2) is 41.0 Å². The zero-order chi connectivity index (χ0) is 14.7. The van der Waals surface area contributed by atoms with Crippen LogP contribution in [0.15, 0.2) is 12.1 Å². The Kier molecular flexibility index (Phi) is 4.77. The molecule has 0 radical (unpaired) electrons. The van der Waals surface area contributed by atoms with Crippen LogP contribution >= 0.6 is 11.3 Å². The summed E-state index contributed by atoms with van der Waals surface area (Å²) in [7, 11) is 0. The number of rotatable bonds is 6. The first kappa shape index (κ1) is 15.0. The zero-order valence-corrected chi connectivity index (χ0v) is 12.6. The summed E-state index contributed by atoms with van der Waals surface area (Å²) in [5, 5.41) is 12.6. The SMILES string of the molecule is CC(C)N(CCO)C(=O)c1ccc(NC(=O)C2CC2)s1. The second-order valence-electron chi connectivity index (χ2n) is 5.24. The molecule has 1 saturated carbocycles. The van der Waals surface area contributed by atoms with E-state index in [1.807, 2.05) is 13.8 Å². The molecule has 0 atom stereocenters. The van der Waals surface area contributed by atoms with E-state index in [1.54, 1.807) is 17.0 Å². The Balaban J connectivity index is 2.02. The Morgan fingerprint density at radius 2 is 2.15 bits per heavy atom. The third kappa shape index (κ3) is 3.58. The highest BCUT2D eigenvalue weighted by atomic mass is 32.1. The van der Waals surface area contributed by atoms with Gasteiger partial charge in [0.1, 0.15) is 0 Å². The predicted octanol–water partition coefficient (Wildman–Crippen LogP) is 1.94. The molecule has 20 heavy (non-hydrogen) atoms. The Hall–Kier alpha value is -1.40. The van der Waals surface area contributed by atoms with Gasteiger partial charge in [0, 0.05) is 18.5 Å². The van der Waals surface area contributed by atoms with Crippen molar-refractivity contribution in [3.8, 4) is 0 Å². The molecule has 110 valence electrons. The van der Waals surface area contributed by atoms with Crippen LogP contribution in [-0.2, 0) is 4.79 Å². The largest absolute Gasteiger partial charge is 0.395 e. The van der Waals surface area contributed by atoms with Gasteiger partial charge in [-0.1, -0.05) is 0 Å². The number of aliphatic hydroxyl groups excluding tert-OH is 1. The van der Waals surface area contributed by atoms with Crippen molar-refractivity contribution >= 4 is 28.2 Å². The maximum Gasteiger partial charge on any atom is 0.264 e. The first-order valence-corrected chi connectivity index (χ1v) is 7.67. The lowest BCUT2D eigenvalue weighted by atomic mass is 10.3. The number of anilines is 1. The lowest BCUT2D eigenvalue weighted by Gasteiger charge is -2.25. The van der Waals surface area contributed by atoms with Crippen LogP contribution in [0.5, 0.6) is 0 Å². The van der Waals surface area contributed by atoms with Gasteiger partial charge in [-0.15, -0.1) is 11.3 Å². The van der Waals surface area contributed by atoms with Gasteiger partial charge in [-0.2, -0.15) is 0 Å². The van der Waals surface area contributed by atoms with Crippen LogP contribution in [0.25, 0.3) is 0 Å². The van der Waals surface area contributed by atoms with Crippen LogP contribution in [0.1, 0.15) is 36.4 Å². The number of carbonyl (C=O) groups is 2. The number of hydrogen-bond donors (Lipinski definition) is 2. The minimum Gasteiger partial charge on any atom is -0.395 e. The summed E-state index contributed by atoms with van der Waals surface area (Å²) < 4.78 is 0. The third-order valence-electron chi connectivity index (χ3n) is 3.24. The van der Waals surface area contributed by atoms with Gasteiger partial charge in [0.05, 0.1) is 16.5 Å². The van der Waals surface area contributed by atoms with Gasteiger partial charge in [-0.25, -0.2) is 0 Å². The first-order chi connectivity index (χ1) is 9.52. The van der Waals surface area contributed by atoms with Crippen molar-refractivity contribution in [2.75, 3.05) is 18.5 Å². The Morgan fingerprint density at radius 3 is 2.70 bits per heavy atom. The first-order valence-electron chi connectivity index (χ1n) is 6.85. The second kappa shape index (κ2) is 6.37. The molecule has 1 aromatic rings. The highest BCUT2D eigenvalue weighted by molar-refractivity contribution is 7.18. The van der Waals surface area contributed by atoms with Gasteiger partial charge in [-0.05, 0) is 38.8 Å². The third-order valence-corrected chi connectivity index (χ3v) is 4.23. The summed E-state index contributed by atoms with van der Waals surface area (Å²) in [6.07, 6.45) is 1.92. The smallest absolute Gasteiger partial charge is 0.264 e. The molecule has 1 heterocycles. The number of hydrogen-bond acceptors (Lipinski definition) is 4. The van der Waals surface area contributed by atoms with Crippen LogP contribution in [0.4, 0.5) is 5.00 Å². The topological polar surface area (TPSA) is 69.6 Å². The lowest BCUT2D eigenvalue weighted by Crippen LogP contribution is -2.38. The molecule has 0 unspecified atom stereocenters. The highest BCUT2D eigenvalue weighted by Gasteiger charge is 2.30. The molecule has 0 spiro atoms. The fourth-order valence-corrected chi connectivity index (χ4v) is 2.80. The summed E-state index contributed by atoms with van der Waals surface area (Å²) in [4.78, 5) is 26.2. The standard InChI is InChI=1S/C14H20N2O3S/c1-9(2)16(7-8-17)14(19)11-5-6-12(20-11)15-13(18)10-3-4-10/h5-6,9-10,17H,3-4,7-8H2,1-2H3,(H,15,18). The normalized spacial score (nSPS) is 14.4. The Labute approximate surface area is 122 Å². The average molecular weight is 296 g/mol. The molecule has 1 fully saturated rings. The van der Waals surface area contributed by atoms with E-state index < -0.39 is 0 Å². The van der Waals surface area contributed by atoms with E-state index in [2.05, 4.69) is 5.32 Å². The van der Waals surface area contributed by atoms with Crippen molar-refractivity contribution in [3.63, 3.8) is 0 Å². The van der Waals surface area contributed by atoms with Crippen molar-refractivity contribution in [1.29, 1.82) is 0 Å². The van der Waals surface area contributed by atoms with E-state index in [0.29, 0.717) is 16.4 Å². The van der Waals surface area contributed by atoms with Gasteiger partial charge in [0.2, 0.25) is 5.91 Å². The maximum atomic E-state index is 12.3. The highest BCUT2D eigenvalue weighted by Crippen LogP contribution is 2.31. The van der Waals surface area contributed by atoms with Crippen molar-refractivity contribution in [2.24, 2.45) is 5.92 Å². The summed E-state index contributed by atoms with van der Waals surface area (Å²) in [6, 6.07) is 3.51. The van der Waals surface area contributed by atoms with Gasteiger partial charge in [0.25, 0.3) is 5.91 Å². The van der Waals surface area contributed by atoms with Gasteiger partial charge in [0.15, 0.2) is 0 Å². The molecule has 1 aliphatic rings. The zero-order valence-electron chi connectivity index (χ0n) is 11.8. The number of carbonyl (C=O) groups excluding carboxylic acids is 2. The lowest BCUT2D eigenvalue weighted by molar-refractivity contribution is -0.117. The number of thiophene rings is 1. The Morgan fingerprint density at radius 1 is 1.45 bits per heavy atom. The molecule has 1 aliphatic carbocycles. The van der Waals surface area contributed by atoms with Crippen LogP contribution in [0.2, 0.25) is 0 Å². The van der Waals surface area contributed by atoms with Gasteiger partial charge in [-0.3, -0.25) is 9.59 Å². The molecule has 2 N–H and O–H groups in total. The van der Waals surface area contributed by atoms with E-state index in [0.717, 1.165) is 12.8 Å². The van der Waals surface area contributed by atoms with Crippen molar-refractivity contribution < 1.29 is 14.7 Å². The molecule has 2 rings (SSSR count). The van der Waals surface area contributed by atoms with Crippen molar-refractivity contribution in [2.45, 2.75) is 32.7 Å². The number of nitrogens with zero attached hydrogens (tertiary/aromatic N) is 1. The summed E-state index contributed by atoms with van der Waals surface area (Å²) in [5.74, 6) is 0.0886. The van der Waals surface area contributed by atoms with Crippen LogP contribution in [0, 0.1) is 5.92 Å². The quantitative estimate of drug-likeness (QED) is 0.843. The fourth-order valence-electron chi connectivity index (χ4n) is 1.93. The van der Waals surface area contributed by atoms with Crippen molar-refractivity contribution in [3.05, 3.63) is 17.0 Å². The maximum absolute atomic E-state index is 12.3. The van der Waals surface area contributed by atoms with E-state index in [9.17, 15) is 9.59 Å². The molecular weight excluding hydrogens is 276 g/mol. The van der Waals surface area contributed by atoms with Gasteiger partial charge < -0.3 is 15.3 Å². The molecule has 6 heteroatoms. The number of aliphatic hydroxyl groups is 1. The molecule has 5 nitrogen and oxygen atoms in total. The molecule has 2 amide bonds. The number of nitrogens with one attached hydrogen (secondary N) is 1. The molecule has 0 aliphatic heterocycles. The summed E-state index contributed by atoms with van der Waals surface area (Å²) in [5.41, 5.74) is 0. The van der Waals surface area contributed by atoms with Crippen molar-refractivity contribution in [1.82, 2.24) is 4.90 Å². The minimum atomic E-state index is -0.106. The molecule has 0 aromatic carbocycles. The Bertz CT molecular complexity index is 494. The molecule has 0 saturated heterocycles. The monoisotopic (exact) mass is 296 g/mol. The molecule has 0 bridgehead atoms. The molecule has 1 aromatic heterocycles. The minimum absolute atomic E-state index is 0.0289. The van der Waals surface area contributed by atoms with Crippen LogP contribution in [0.3, 0.4) is 0 Å². The summed E-state index contributed by atoms with van der Waals surface area (Å²) in [6.45, 7) is 4.09. The number of amides is 2. The molecular formula is C14H20N2O3S. The summed E-state index contributed by atoms with van der Waals surface area (Å²) >= 11 is 1.28. The van der Waals surface area contributed by atoms with E-state index >= 15 is 0 Å². The predicted molar refractivity (Wildman–Crippen MR) is 78.9 cm³/mol. The fraction of sp³-hybridized carbons (Fsp3) is 0.571. The second-order valence-corrected chi connectivity index (χ2v) is 6.33. The van der Waals surface area contributed by atoms with Gasteiger partial charge >= 0.3 is 0 Å².